The van der Waals surface area contributed by atoms with Gasteiger partial charge in [-0.1, -0.05) is 36.8 Å². The molecule has 3 heterocycles. The van der Waals surface area contributed by atoms with Crippen molar-refractivity contribution in [3.05, 3.63) is 69.8 Å². The predicted octanol–water partition coefficient (Wildman–Crippen LogP) is 4.40. The number of allylic oxidation sites excluding steroid dienone is 1. The normalized spacial score (nSPS) is 19.9. The third kappa shape index (κ3) is 4.07. The molecule has 0 saturated heterocycles. The van der Waals surface area contributed by atoms with Crippen LogP contribution in [0.5, 0.6) is 0 Å². The molecular formula is C25H24ClN3O2. The molecule has 0 spiro atoms. The van der Waals surface area contributed by atoms with E-state index in [0.717, 1.165) is 41.8 Å². The summed E-state index contributed by atoms with van der Waals surface area (Å²) < 4.78 is 0. The molecule has 31 heavy (non-hydrogen) atoms. The molecule has 0 bridgehead atoms. The number of aromatic nitrogens is 2. The quantitative estimate of drug-likeness (QED) is 0.656. The summed E-state index contributed by atoms with van der Waals surface area (Å²) in [5, 5.41) is 0.319. The van der Waals surface area contributed by atoms with Crippen molar-refractivity contribution >= 4 is 34.9 Å². The van der Waals surface area contributed by atoms with Gasteiger partial charge in [-0.2, -0.15) is 0 Å². The van der Waals surface area contributed by atoms with Crippen molar-refractivity contribution in [2.45, 2.75) is 32.6 Å². The zero-order valence-electron chi connectivity index (χ0n) is 17.5. The van der Waals surface area contributed by atoms with Gasteiger partial charge in [0, 0.05) is 54.9 Å². The van der Waals surface area contributed by atoms with Gasteiger partial charge in [0.2, 0.25) is 0 Å². The number of carbonyl (C=O) groups excluding carboxylic acids is 2. The van der Waals surface area contributed by atoms with Crippen molar-refractivity contribution in [2.75, 3.05) is 13.1 Å². The molecule has 0 radical (unpaired) electrons. The summed E-state index contributed by atoms with van der Waals surface area (Å²) >= 11 is 5.96. The molecule has 5 rings (SSSR count). The van der Waals surface area contributed by atoms with Crippen LogP contribution in [0.4, 0.5) is 0 Å². The van der Waals surface area contributed by atoms with Crippen LogP contribution >= 0.6 is 11.6 Å². The Labute approximate surface area is 186 Å². The molecule has 1 saturated carbocycles. The molecule has 2 aromatic rings. The van der Waals surface area contributed by atoms with E-state index in [0.29, 0.717) is 36.0 Å². The molecule has 1 atom stereocenters. The van der Waals surface area contributed by atoms with Crippen LogP contribution in [-0.4, -0.2) is 39.6 Å². The summed E-state index contributed by atoms with van der Waals surface area (Å²) in [5.74, 6) is 0.679. The highest BCUT2D eigenvalue weighted by Crippen LogP contribution is 2.36. The van der Waals surface area contributed by atoms with Crippen LogP contribution in [0.2, 0.25) is 5.15 Å². The zero-order chi connectivity index (χ0) is 21.5. The molecule has 0 aromatic carbocycles. The number of rotatable bonds is 5. The Morgan fingerprint density at radius 2 is 2.10 bits per heavy atom. The molecule has 158 valence electrons. The molecule has 1 aliphatic heterocycles. The lowest BCUT2D eigenvalue weighted by Gasteiger charge is -2.32. The Bertz CT molecular complexity index is 1130. The predicted molar refractivity (Wildman–Crippen MR) is 121 cm³/mol. The van der Waals surface area contributed by atoms with Gasteiger partial charge in [0.15, 0.2) is 0 Å². The Kier molecular flexibility index (Phi) is 5.22. The lowest BCUT2D eigenvalue weighted by molar-refractivity contribution is -0.119. The summed E-state index contributed by atoms with van der Waals surface area (Å²) in [7, 11) is 0. The maximum atomic E-state index is 12.9. The van der Waals surface area contributed by atoms with E-state index in [-0.39, 0.29) is 17.7 Å². The molecule has 2 aliphatic carbocycles. The van der Waals surface area contributed by atoms with Gasteiger partial charge in [-0.25, -0.2) is 4.98 Å². The fourth-order valence-corrected chi connectivity index (χ4v) is 4.70. The lowest BCUT2D eigenvalue weighted by atomic mass is 9.87. The third-order valence-corrected chi connectivity index (χ3v) is 6.51. The highest BCUT2D eigenvalue weighted by atomic mass is 35.5. The Morgan fingerprint density at radius 3 is 2.84 bits per heavy atom. The van der Waals surface area contributed by atoms with E-state index < -0.39 is 0 Å². The molecule has 3 aliphatic rings. The molecule has 2 aromatic heterocycles. The first kappa shape index (κ1) is 20.1. The number of halogens is 1. The van der Waals surface area contributed by atoms with Gasteiger partial charge in [-0.15, -0.1) is 0 Å². The van der Waals surface area contributed by atoms with Gasteiger partial charge in [0.05, 0.1) is 5.69 Å². The van der Waals surface area contributed by atoms with E-state index >= 15 is 0 Å². The fraction of sp³-hybridized carbons (Fsp3) is 0.360. The Hall–Kier alpha value is -2.79. The second-order valence-corrected chi connectivity index (χ2v) is 9.07. The number of hydrogen-bond donors (Lipinski definition) is 0. The fourth-order valence-electron chi connectivity index (χ4n) is 4.53. The number of pyridine rings is 2. The van der Waals surface area contributed by atoms with Crippen molar-refractivity contribution in [3.8, 4) is 0 Å². The minimum Gasteiger partial charge on any atom is -0.334 e. The van der Waals surface area contributed by atoms with Crippen LogP contribution in [0, 0.1) is 11.8 Å². The molecular weight excluding hydrogens is 410 g/mol. The largest absolute Gasteiger partial charge is 0.334 e. The Morgan fingerprint density at radius 1 is 1.26 bits per heavy atom. The number of fused-ring (bicyclic) bond motifs is 1. The first-order valence-corrected chi connectivity index (χ1v) is 11.2. The summed E-state index contributed by atoms with van der Waals surface area (Å²) in [6.45, 7) is 3.31. The van der Waals surface area contributed by atoms with Crippen molar-refractivity contribution in [3.63, 3.8) is 0 Å². The Balaban J connectivity index is 1.42. The van der Waals surface area contributed by atoms with E-state index in [4.69, 9.17) is 16.6 Å². The van der Waals surface area contributed by atoms with Crippen LogP contribution in [0.1, 0.15) is 52.6 Å². The SMILES string of the molecule is CC1CN(C(=O)c2ccnc(Cl)c2)CC=C1c1cc(CC(=O)C2CC2)nc2c1C=CC2. The van der Waals surface area contributed by atoms with E-state index in [2.05, 4.69) is 36.2 Å². The minimum absolute atomic E-state index is 0.0398. The van der Waals surface area contributed by atoms with Crippen molar-refractivity contribution in [1.29, 1.82) is 0 Å². The summed E-state index contributed by atoms with van der Waals surface area (Å²) in [6.07, 6.45) is 11.2. The second kappa shape index (κ2) is 8.04. The van der Waals surface area contributed by atoms with E-state index in [1.165, 1.54) is 5.57 Å². The van der Waals surface area contributed by atoms with E-state index in [9.17, 15) is 9.59 Å². The zero-order valence-corrected chi connectivity index (χ0v) is 18.2. The molecule has 1 fully saturated rings. The molecule has 0 N–H and O–H groups in total. The van der Waals surface area contributed by atoms with Crippen LogP contribution < -0.4 is 0 Å². The van der Waals surface area contributed by atoms with Crippen LogP contribution in [0.3, 0.4) is 0 Å². The maximum absolute atomic E-state index is 12.9. The van der Waals surface area contributed by atoms with Crippen molar-refractivity contribution in [2.24, 2.45) is 11.8 Å². The van der Waals surface area contributed by atoms with Gasteiger partial charge in [-0.3, -0.25) is 14.6 Å². The smallest absolute Gasteiger partial charge is 0.254 e. The number of nitrogens with zero attached hydrogens (tertiary/aromatic N) is 3. The topological polar surface area (TPSA) is 63.2 Å². The van der Waals surface area contributed by atoms with Crippen molar-refractivity contribution < 1.29 is 9.59 Å². The van der Waals surface area contributed by atoms with Crippen LogP contribution in [0.25, 0.3) is 11.6 Å². The molecule has 1 unspecified atom stereocenters. The maximum Gasteiger partial charge on any atom is 0.254 e. The highest BCUT2D eigenvalue weighted by Gasteiger charge is 2.31. The standard InChI is InChI=1S/C25H24ClN3O2/c1-15-14-29(25(31)17-7-9-27-24(26)11-17)10-8-19(15)21-12-18(13-23(30)16-5-6-16)28-22-4-2-3-20(21)22/h2-3,7-9,11-12,15-16H,4-6,10,13-14H2,1H3. The molecule has 1 amide bonds. The summed E-state index contributed by atoms with van der Waals surface area (Å²) in [5.41, 5.74) is 6.01. The minimum atomic E-state index is -0.0398. The first-order valence-electron chi connectivity index (χ1n) is 10.8. The van der Waals surface area contributed by atoms with E-state index in [1.807, 2.05) is 4.90 Å². The number of hydrogen-bond acceptors (Lipinski definition) is 4. The summed E-state index contributed by atoms with van der Waals surface area (Å²) in [4.78, 5) is 35.9. The van der Waals surface area contributed by atoms with Gasteiger partial charge in [-0.05, 0) is 48.1 Å². The van der Waals surface area contributed by atoms with Gasteiger partial charge in [0.1, 0.15) is 10.9 Å². The second-order valence-electron chi connectivity index (χ2n) is 8.68. The average Bonchev–Trinajstić information content (AvgIpc) is 3.51. The number of amides is 1. The lowest BCUT2D eigenvalue weighted by Crippen LogP contribution is -2.38. The summed E-state index contributed by atoms with van der Waals surface area (Å²) in [6, 6.07) is 5.40. The third-order valence-electron chi connectivity index (χ3n) is 6.30. The molecule has 6 heteroatoms. The average molecular weight is 434 g/mol. The highest BCUT2D eigenvalue weighted by molar-refractivity contribution is 6.29. The molecule has 5 nitrogen and oxygen atoms in total. The number of ketones is 1. The number of carbonyl (C=O) groups is 2. The first-order chi connectivity index (χ1) is 15.0. The van der Waals surface area contributed by atoms with Crippen molar-refractivity contribution in [1.82, 2.24) is 14.9 Å². The van der Waals surface area contributed by atoms with Crippen LogP contribution in [-0.2, 0) is 17.6 Å². The number of Topliss-reactive ketones (excluding diaryl/α,β-unsaturated/α-hetero) is 1. The van der Waals surface area contributed by atoms with Gasteiger partial charge in [0.25, 0.3) is 5.91 Å². The monoisotopic (exact) mass is 433 g/mol. The van der Waals surface area contributed by atoms with Gasteiger partial charge >= 0.3 is 0 Å². The van der Waals surface area contributed by atoms with Gasteiger partial charge < -0.3 is 4.90 Å². The van der Waals surface area contributed by atoms with E-state index in [1.54, 1.807) is 18.3 Å². The van der Waals surface area contributed by atoms with Crippen LogP contribution in [0.15, 0.2) is 36.5 Å².